The summed E-state index contributed by atoms with van der Waals surface area (Å²) in [6.45, 7) is 2.29. The van der Waals surface area contributed by atoms with Crippen LogP contribution in [-0.2, 0) is 0 Å². The van der Waals surface area contributed by atoms with Crippen LogP contribution in [0.1, 0.15) is 24.3 Å². The summed E-state index contributed by atoms with van der Waals surface area (Å²) in [6.07, 6.45) is 2.60. The van der Waals surface area contributed by atoms with Gasteiger partial charge in [-0.25, -0.2) is 0 Å². The van der Waals surface area contributed by atoms with Crippen LogP contribution in [0.25, 0.3) is 11.1 Å². The van der Waals surface area contributed by atoms with Crippen molar-refractivity contribution in [1.82, 2.24) is 5.32 Å². The number of rotatable bonds is 3. The van der Waals surface area contributed by atoms with Crippen LogP contribution in [0, 0.1) is 0 Å². The summed E-state index contributed by atoms with van der Waals surface area (Å²) < 4.78 is 0. The zero-order valence-electron chi connectivity index (χ0n) is 12.0. The van der Waals surface area contributed by atoms with Crippen molar-refractivity contribution in [2.24, 2.45) is 0 Å². The summed E-state index contributed by atoms with van der Waals surface area (Å²) in [4.78, 5) is 0. The minimum absolute atomic E-state index is 0.685. The highest BCUT2D eigenvalue weighted by Crippen LogP contribution is 2.27. The van der Waals surface area contributed by atoms with Crippen LogP contribution in [0.3, 0.4) is 0 Å². The van der Waals surface area contributed by atoms with Gasteiger partial charge in [0.15, 0.2) is 0 Å². The van der Waals surface area contributed by atoms with E-state index in [9.17, 15) is 0 Å². The lowest BCUT2D eigenvalue weighted by Gasteiger charge is -2.23. The largest absolute Gasteiger partial charge is 0.388 e. The fourth-order valence-corrected chi connectivity index (χ4v) is 2.91. The SMILES string of the molecule is CNc1ccc(-c2ccc(C3CCCNC3)cc2)cc1. The summed E-state index contributed by atoms with van der Waals surface area (Å²) in [7, 11) is 1.95. The molecule has 3 rings (SSSR count). The van der Waals surface area contributed by atoms with E-state index in [1.807, 2.05) is 7.05 Å². The Morgan fingerprint density at radius 3 is 2.15 bits per heavy atom. The van der Waals surface area contributed by atoms with Gasteiger partial charge in [0.05, 0.1) is 0 Å². The van der Waals surface area contributed by atoms with Gasteiger partial charge in [0.2, 0.25) is 0 Å². The minimum Gasteiger partial charge on any atom is -0.388 e. The third-order valence-corrected chi connectivity index (χ3v) is 4.19. The van der Waals surface area contributed by atoms with Gasteiger partial charge in [0.25, 0.3) is 0 Å². The fraction of sp³-hybridized carbons (Fsp3) is 0.333. The maximum Gasteiger partial charge on any atom is 0.0337 e. The zero-order valence-corrected chi connectivity index (χ0v) is 12.0. The topological polar surface area (TPSA) is 24.1 Å². The number of hydrogen-bond donors (Lipinski definition) is 2. The van der Waals surface area contributed by atoms with Gasteiger partial charge in [-0.1, -0.05) is 36.4 Å². The predicted octanol–water partition coefficient (Wildman–Crippen LogP) is 3.86. The molecule has 2 aromatic rings. The van der Waals surface area contributed by atoms with Crippen molar-refractivity contribution in [1.29, 1.82) is 0 Å². The maximum atomic E-state index is 3.49. The number of piperidine rings is 1. The summed E-state index contributed by atoms with van der Waals surface area (Å²) >= 11 is 0. The molecule has 2 heteroatoms. The fourth-order valence-electron chi connectivity index (χ4n) is 2.91. The molecular formula is C18H22N2. The smallest absolute Gasteiger partial charge is 0.0337 e. The monoisotopic (exact) mass is 266 g/mol. The van der Waals surface area contributed by atoms with Gasteiger partial charge >= 0.3 is 0 Å². The molecule has 0 aromatic heterocycles. The Bertz CT molecular complexity index is 537. The second-order valence-electron chi connectivity index (χ2n) is 5.49. The van der Waals surface area contributed by atoms with Gasteiger partial charge in [-0.3, -0.25) is 0 Å². The normalized spacial score (nSPS) is 18.8. The number of hydrogen-bond acceptors (Lipinski definition) is 2. The Balaban J connectivity index is 1.77. The molecule has 0 bridgehead atoms. The van der Waals surface area contributed by atoms with E-state index in [1.165, 1.54) is 36.1 Å². The highest BCUT2D eigenvalue weighted by molar-refractivity contribution is 5.66. The van der Waals surface area contributed by atoms with Crippen LogP contribution in [0.5, 0.6) is 0 Å². The molecule has 1 unspecified atom stereocenters. The van der Waals surface area contributed by atoms with Gasteiger partial charge in [0, 0.05) is 19.3 Å². The molecule has 1 atom stereocenters. The average molecular weight is 266 g/mol. The Morgan fingerprint density at radius 2 is 1.60 bits per heavy atom. The molecule has 0 spiro atoms. The lowest BCUT2D eigenvalue weighted by molar-refractivity contribution is 0.461. The molecule has 0 aliphatic carbocycles. The van der Waals surface area contributed by atoms with E-state index in [1.54, 1.807) is 0 Å². The molecular weight excluding hydrogens is 244 g/mol. The van der Waals surface area contributed by atoms with E-state index >= 15 is 0 Å². The number of anilines is 1. The first-order valence-electron chi connectivity index (χ1n) is 7.46. The van der Waals surface area contributed by atoms with Gasteiger partial charge in [-0.15, -0.1) is 0 Å². The summed E-state index contributed by atoms with van der Waals surface area (Å²) in [5.41, 5.74) is 5.18. The van der Waals surface area contributed by atoms with Gasteiger partial charge < -0.3 is 10.6 Å². The van der Waals surface area contributed by atoms with Crippen LogP contribution >= 0.6 is 0 Å². The molecule has 0 amide bonds. The molecule has 104 valence electrons. The first-order chi connectivity index (χ1) is 9.86. The third kappa shape index (κ3) is 2.86. The van der Waals surface area contributed by atoms with E-state index in [-0.39, 0.29) is 0 Å². The summed E-state index contributed by atoms with van der Waals surface area (Å²) in [5, 5.41) is 6.64. The highest BCUT2D eigenvalue weighted by atomic mass is 14.9. The molecule has 1 saturated heterocycles. The van der Waals surface area contributed by atoms with Crippen molar-refractivity contribution in [3.05, 3.63) is 54.1 Å². The van der Waals surface area contributed by atoms with Crippen LogP contribution in [-0.4, -0.2) is 20.1 Å². The van der Waals surface area contributed by atoms with E-state index < -0.39 is 0 Å². The Kier molecular flexibility index (Phi) is 4.03. The molecule has 1 fully saturated rings. The zero-order chi connectivity index (χ0) is 13.8. The standard InChI is InChI=1S/C18H22N2/c1-19-18-10-8-15(9-11-18)14-4-6-16(7-5-14)17-3-2-12-20-13-17/h4-11,17,19-20H,2-3,12-13H2,1H3. The van der Waals surface area contributed by atoms with E-state index in [4.69, 9.17) is 0 Å². The molecule has 0 saturated carbocycles. The lowest BCUT2D eigenvalue weighted by Crippen LogP contribution is -2.28. The maximum absolute atomic E-state index is 3.49. The Morgan fingerprint density at radius 1 is 0.950 bits per heavy atom. The van der Waals surface area contributed by atoms with Crippen molar-refractivity contribution in [3.8, 4) is 11.1 Å². The van der Waals surface area contributed by atoms with Crippen molar-refractivity contribution >= 4 is 5.69 Å². The first-order valence-corrected chi connectivity index (χ1v) is 7.46. The van der Waals surface area contributed by atoms with Crippen LogP contribution in [0.2, 0.25) is 0 Å². The molecule has 2 aromatic carbocycles. The Hall–Kier alpha value is -1.80. The lowest BCUT2D eigenvalue weighted by atomic mass is 9.90. The van der Waals surface area contributed by atoms with E-state index in [2.05, 4.69) is 59.2 Å². The Labute approximate surface area is 121 Å². The van der Waals surface area contributed by atoms with Crippen LogP contribution < -0.4 is 10.6 Å². The molecule has 2 N–H and O–H groups in total. The van der Waals surface area contributed by atoms with E-state index in [0.717, 1.165) is 12.2 Å². The molecule has 1 aliphatic rings. The van der Waals surface area contributed by atoms with Gasteiger partial charge in [0.1, 0.15) is 0 Å². The van der Waals surface area contributed by atoms with E-state index in [0.29, 0.717) is 5.92 Å². The van der Waals surface area contributed by atoms with Crippen molar-refractivity contribution in [2.75, 3.05) is 25.5 Å². The van der Waals surface area contributed by atoms with Crippen molar-refractivity contribution < 1.29 is 0 Å². The van der Waals surface area contributed by atoms with Gasteiger partial charge in [-0.05, 0) is 54.1 Å². The average Bonchev–Trinajstić information content (AvgIpc) is 2.56. The quantitative estimate of drug-likeness (QED) is 0.881. The summed E-state index contributed by atoms with van der Waals surface area (Å²) in [6, 6.07) is 17.7. The molecule has 2 nitrogen and oxygen atoms in total. The van der Waals surface area contributed by atoms with Crippen molar-refractivity contribution in [3.63, 3.8) is 0 Å². The predicted molar refractivity (Wildman–Crippen MR) is 86.3 cm³/mol. The summed E-state index contributed by atoms with van der Waals surface area (Å²) in [5.74, 6) is 0.685. The molecule has 1 aliphatic heterocycles. The molecule has 1 heterocycles. The highest BCUT2D eigenvalue weighted by Gasteiger charge is 2.14. The second-order valence-corrected chi connectivity index (χ2v) is 5.49. The first kappa shape index (κ1) is 13.2. The van der Waals surface area contributed by atoms with Crippen LogP contribution in [0.15, 0.2) is 48.5 Å². The third-order valence-electron chi connectivity index (χ3n) is 4.19. The second kappa shape index (κ2) is 6.10. The number of benzene rings is 2. The van der Waals surface area contributed by atoms with Crippen LogP contribution in [0.4, 0.5) is 5.69 Å². The molecule has 0 radical (unpaired) electrons. The number of nitrogens with one attached hydrogen (secondary N) is 2. The molecule has 20 heavy (non-hydrogen) atoms. The minimum atomic E-state index is 0.685. The van der Waals surface area contributed by atoms with Crippen molar-refractivity contribution in [2.45, 2.75) is 18.8 Å². The van der Waals surface area contributed by atoms with Gasteiger partial charge in [-0.2, -0.15) is 0 Å².